The maximum atomic E-state index is 5.76. The SMILES string of the molecule is [LiH].c1ccc2c(c1)Oc1ccccc1S2. The molecule has 0 N–H and O–H groups in total. The Labute approximate surface area is 105 Å². The minimum atomic E-state index is 0. The molecule has 1 nitrogen and oxygen atoms in total. The van der Waals surface area contributed by atoms with Crippen molar-refractivity contribution in [3.63, 3.8) is 0 Å². The number of hydrogen-bond acceptors (Lipinski definition) is 2. The van der Waals surface area contributed by atoms with Gasteiger partial charge in [0.05, 0.1) is 9.79 Å². The molecule has 15 heavy (non-hydrogen) atoms. The van der Waals surface area contributed by atoms with Crippen LogP contribution in [0.25, 0.3) is 0 Å². The van der Waals surface area contributed by atoms with E-state index in [-0.39, 0.29) is 18.9 Å². The van der Waals surface area contributed by atoms with Gasteiger partial charge >= 0.3 is 18.9 Å². The second-order valence-electron chi connectivity index (χ2n) is 3.10. The standard InChI is InChI=1S/C12H8OS.Li.H/c1-3-7-11-9(5-1)13-10-6-2-4-8-12(10)14-11;;/h1-8H;;. The Hall–Kier alpha value is -0.813. The van der Waals surface area contributed by atoms with Gasteiger partial charge in [0, 0.05) is 0 Å². The summed E-state index contributed by atoms with van der Waals surface area (Å²) in [4.78, 5) is 2.37. The van der Waals surface area contributed by atoms with Crippen LogP contribution in [0.2, 0.25) is 0 Å². The Bertz CT molecular complexity index is 397. The molecule has 3 rings (SSSR count). The molecule has 2 aromatic rings. The third kappa shape index (κ3) is 1.94. The number of hydrogen-bond donors (Lipinski definition) is 0. The number of rotatable bonds is 0. The predicted octanol–water partition coefficient (Wildman–Crippen LogP) is 3.30. The average molecular weight is 208 g/mol. The topological polar surface area (TPSA) is 9.23 Å². The smallest absolute Gasteiger partial charge is 0.141 e. The zero-order chi connectivity index (χ0) is 9.38. The summed E-state index contributed by atoms with van der Waals surface area (Å²) in [7, 11) is 0. The monoisotopic (exact) mass is 208 g/mol. The quantitative estimate of drug-likeness (QED) is 0.524. The Morgan fingerprint density at radius 2 is 1.20 bits per heavy atom. The maximum absolute atomic E-state index is 5.76. The van der Waals surface area contributed by atoms with Crippen molar-refractivity contribution in [3.05, 3.63) is 48.5 Å². The van der Waals surface area contributed by atoms with E-state index in [4.69, 9.17) is 4.74 Å². The fourth-order valence-electron chi connectivity index (χ4n) is 1.47. The molecule has 0 spiro atoms. The van der Waals surface area contributed by atoms with Gasteiger partial charge in [-0.3, -0.25) is 0 Å². The first-order valence-corrected chi connectivity index (χ1v) is 5.29. The molecular weight excluding hydrogens is 199 g/mol. The molecule has 1 heterocycles. The van der Waals surface area contributed by atoms with E-state index in [9.17, 15) is 0 Å². The van der Waals surface area contributed by atoms with Crippen LogP contribution in [0.4, 0.5) is 0 Å². The molecule has 0 radical (unpaired) electrons. The third-order valence-electron chi connectivity index (χ3n) is 2.14. The molecule has 0 amide bonds. The van der Waals surface area contributed by atoms with E-state index in [0.29, 0.717) is 0 Å². The molecule has 0 saturated carbocycles. The molecule has 0 aliphatic carbocycles. The van der Waals surface area contributed by atoms with Crippen LogP contribution in [-0.4, -0.2) is 18.9 Å². The molecule has 0 unspecified atom stereocenters. The Morgan fingerprint density at radius 1 is 0.733 bits per heavy atom. The summed E-state index contributed by atoms with van der Waals surface area (Å²) in [5.74, 6) is 1.91. The zero-order valence-corrected chi connectivity index (χ0v) is 8.25. The number of para-hydroxylation sites is 2. The van der Waals surface area contributed by atoms with E-state index < -0.39 is 0 Å². The second kappa shape index (κ2) is 4.36. The summed E-state index contributed by atoms with van der Waals surface area (Å²) in [5.41, 5.74) is 0. The van der Waals surface area contributed by atoms with Gasteiger partial charge in [0.1, 0.15) is 11.5 Å². The molecule has 3 heteroatoms. The van der Waals surface area contributed by atoms with Crippen molar-refractivity contribution in [2.75, 3.05) is 0 Å². The van der Waals surface area contributed by atoms with Gasteiger partial charge in [0.15, 0.2) is 0 Å². The van der Waals surface area contributed by atoms with Crippen molar-refractivity contribution in [1.82, 2.24) is 0 Å². The molecule has 70 valence electrons. The largest absolute Gasteiger partial charge is 0.455 e. The van der Waals surface area contributed by atoms with Crippen LogP contribution in [0, 0.1) is 0 Å². The normalized spacial score (nSPS) is 11.7. The van der Waals surface area contributed by atoms with Crippen LogP contribution >= 0.6 is 11.8 Å². The Morgan fingerprint density at radius 3 is 1.73 bits per heavy atom. The first-order chi connectivity index (χ1) is 6.93. The van der Waals surface area contributed by atoms with E-state index in [2.05, 4.69) is 12.1 Å². The molecule has 0 aromatic heterocycles. The molecule has 0 fully saturated rings. The van der Waals surface area contributed by atoms with E-state index in [0.717, 1.165) is 11.5 Å². The van der Waals surface area contributed by atoms with Gasteiger partial charge in [0.2, 0.25) is 0 Å². The van der Waals surface area contributed by atoms with E-state index in [1.807, 2.05) is 36.4 Å². The maximum Gasteiger partial charge on any atom is 0.141 e. The summed E-state index contributed by atoms with van der Waals surface area (Å²) in [6, 6.07) is 16.2. The van der Waals surface area contributed by atoms with Crippen LogP contribution in [0.3, 0.4) is 0 Å². The van der Waals surface area contributed by atoms with Crippen LogP contribution in [0.15, 0.2) is 58.3 Å². The van der Waals surface area contributed by atoms with Crippen molar-refractivity contribution in [2.24, 2.45) is 0 Å². The van der Waals surface area contributed by atoms with Gasteiger partial charge in [-0.15, -0.1) is 0 Å². The van der Waals surface area contributed by atoms with E-state index in [1.165, 1.54) is 9.79 Å². The second-order valence-corrected chi connectivity index (χ2v) is 4.18. The predicted molar refractivity (Wildman–Crippen MR) is 64.2 cm³/mol. The van der Waals surface area contributed by atoms with Gasteiger partial charge in [-0.1, -0.05) is 36.0 Å². The number of fused-ring (bicyclic) bond motifs is 2. The minimum Gasteiger partial charge on any atom is -0.455 e. The fourth-order valence-corrected chi connectivity index (χ4v) is 2.43. The first-order valence-electron chi connectivity index (χ1n) is 4.47. The Balaban J connectivity index is 0.000000853. The summed E-state index contributed by atoms with van der Waals surface area (Å²) in [6.07, 6.45) is 0. The van der Waals surface area contributed by atoms with Gasteiger partial charge in [-0.05, 0) is 24.3 Å². The fraction of sp³-hybridized carbons (Fsp3) is 0. The molecule has 2 aromatic carbocycles. The van der Waals surface area contributed by atoms with Crippen LogP contribution in [0.5, 0.6) is 11.5 Å². The van der Waals surface area contributed by atoms with E-state index in [1.54, 1.807) is 11.8 Å². The molecule has 0 bridgehead atoms. The van der Waals surface area contributed by atoms with Crippen LogP contribution < -0.4 is 4.74 Å². The molecule has 1 aliphatic heterocycles. The van der Waals surface area contributed by atoms with Crippen molar-refractivity contribution < 1.29 is 4.74 Å². The van der Waals surface area contributed by atoms with Crippen LogP contribution in [0.1, 0.15) is 0 Å². The summed E-state index contributed by atoms with van der Waals surface area (Å²) in [5, 5.41) is 0. The molecular formula is C12H9LiOS. The summed E-state index contributed by atoms with van der Waals surface area (Å²) >= 11 is 1.76. The van der Waals surface area contributed by atoms with Crippen molar-refractivity contribution in [2.45, 2.75) is 9.79 Å². The van der Waals surface area contributed by atoms with E-state index >= 15 is 0 Å². The van der Waals surface area contributed by atoms with Crippen LogP contribution in [-0.2, 0) is 0 Å². The third-order valence-corrected chi connectivity index (χ3v) is 3.25. The van der Waals surface area contributed by atoms with Gasteiger partial charge in [-0.25, -0.2) is 0 Å². The Kier molecular flexibility index (Phi) is 3.11. The van der Waals surface area contributed by atoms with Gasteiger partial charge < -0.3 is 4.74 Å². The van der Waals surface area contributed by atoms with Crippen molar-refractivity contribution in [3.8, 4) is 11.5 Å². The zero-order valence-electron chi connectivity index (χ0n) is 7.44. The van der Waals surface area contributed by atoms with Gasteiger partial charge in [-0.2, -0.15) is 0 Å². The molecule has 0 atom stereocenters. The summed E-state index contributed by atoms with van der Waals surface area (Å²) in [6.45, 7) is 0. The minimum absolute atomic E-state index is 0. The number of benzene rings is 2. The van der Waals surface area contributed by atoms with Crippen molar-refractivity contribution in [1.29, 1.82) is 0 Å². The molecule has 1 aliphatic rings. The summed E-state index contributed by atoms with van der Waals surface area (Å²) < 4.78 is 5.76. The first kappa shape index (κ1) is 10.7. The van der Waals surface area contributed by atoms with Gasteiger partial charge in [0.25, 0.3) is 0 Å². The number of ether oxygens (including phenoxy) is 1. The average Bonchev–Trinajstić information content (AvgIpc) is 2.26. The van der Waals surface area contributed by atoms with Crippen molar-refractivity contribution >= 4 is 30.6 Å². The molecule has 0 saturated heterocycles.